The standard InChI is InChI=1S/C61H66N4O/c1-40(2)49-28-20-29-50(41(3)4)57(49)55-38-63(39-64(55)46-25-18-23-44(33-46)61(11,12)42-21-14-13-15-22-42)45-24-19-26-47(35-45)66-48-36-52(60(8,9)10)58-51-27-16-17-30-53(51)65(54(58)37-48)56-34-43(31-32-62-56)59(5,6)7/h13-38,40-41H,39H2,1-12H3. The third-order valence-corrected chi connectivity index (χ3v) is 13.6. The van der Waals surface area contributed by atoms with E-state index in [4.69, 9.17) is 9.72 Å². The van der Waals surface area contributed by atoms with Crippen molar-refractivity contribution < 1.29 is 4.74 Å². The lowest BCUT2D eigenvalue weighted by molar-refractivity contribution is 0.480. The number of hydrogen-bond acceptors (Lipinski definition) is 4. The summed E-state index contributed by atoms with van der Waals surface area (Å²) in [6, 6.07) is 53.0. The third kappa shape index (κ3) is 8.29. The number of ether oxygens (including phenoxy) is 1. The number of rotatable bonds is 10. The number of benzene rings is 6. The van der Waals surface area contributed by atoms with Crippen molar-refractivity contribution in [3.63, 3.8) is 0 Å². The maximum Gasteiger partial charge on any atom is 0.137 e. The molecule has 1 aliphatic heterocycles. The monoisotopic (exact) mass is 871 g/mol. The van der Waals surface area contributed by atoms with Crippen molar-refractivity contribution in [3.8, 4) is 17.3 Å². The van der Waals surface area contributed by atoms with Crippen molar-refractivity contribution in [3.05, 3.63) is 197 Å². The predicted molar refractivity (Wildman–Crippen MR) is 280 cm³/mol. The molecular weight excluding hydrogens is 805 g/mol. The van der Waals surface area contributed by atoms with E-state index < -0.39 is 0 Å². The molecule has 5 heteroatoms. The van der Waals surface area contributed by atoms with Gasteiger partial charge >= 0.3 is 0 Å². The fourth-order valence-corrected chi connectivity index (χ4v) is 9.83. The SMILES string of the molecule is CC(C)c1cccc(C(C)C)c1C1=CN(c2cccc(Oc3cc(C(C)(C)C)c4c5ccccc5n(-c5cc(C(C)(C)C)ccn5)c4c3)c2)CN1c1cccc(C(C)(C)c2ccccc2)c1. The van der Waals surface area contributed by atoms with Gasteiger partial charge in [-0.25, -0.2) is 4.98 Å². The van der Waals surface area contributed by atoms with E-state index in [1.165, 1.54) is 61.1 Å². The van der Waals surface area contributed by atoms with Crippen LogP contribution in [0.25, 0.3) is 33.3 Å². The van der Waals surface area contributed by atoms with Crippen LogP contribution in [0, 0.1) is 0 Å². The molecule has 336 valence electrons. The molecule has 5 nitrogen and oxygen atoms in total. The van der Waals surface area contributed by atoms with Gasteiger partial charge < -0.3 is 14.5 Å². The fraction of sp³-hybridized carbons (Fsp3) is 0.295. The van der Waals surface area contributed by atoms with Gasteiger partial charge in [-0.1, -0.05) is 168 Å². The average molecular weight is 871 g/mol. The van der Waals surface area contributed by atoms with Gasteiger partial charge in [0, 0.05) is 57.7 Å². The molecule has 6 aromatic carbocycles. The summed E-state index contributed by atoms with van der Waals surface area (Å²) in [5, 5.41) is 2.44. The summed E-state index contributed by atoms with van der Waals surface area (Å²) >= 11 is 0. The van der Waals surface area contributed by atoms with E-state index in [9.17, 15) is 0 Å². The largest absolute Gasteiger partial charge is 0.457 e. The molecule has 8 aromatic rings. The minimum absolute atomic E-state index is 0.0213. The Morgan fingerprint density at radius 3 is 1.89 bits per heavy atom. The van der Waals surface area contributed by atoms with Crippen molar-refractivity contribution in [1.29, 1.82) is 0 Å². The first-order valence-corrected chi connectivity index (χ1v) is 23.8. The zero-order valence-electron chi connectivity index (χ0n) is 41.1. The van der Waals surface area contributed by atoms with Gasteiger partial charge in [0.15, 0.2) is 0 Å². The normalized spacial score (nSPS) is 13.7. The lowest BCUT2D eigenvalue weighted by atomic mass is 9.78. The van der Waals surface area contributed by atoms with Crippen LogP contribution in [0.1, 0.15) is 134 Å². The van der Waals surface area contributed by atoms with Gasteiger partial charge in [0.1, 0.15) is 17.3 Å². The van der Waals surface area contributed by atoms with Crippen LogP contribution in [-0.4, -0.2) is 16.2 Å². The lowest BCUT2D eigenvalue weighted by Gasteiger charge is -2.31. The van der Waals surface area contributed by atoms with E-state index in [0.717, 1.165) is 34.0 Å². The Balaban J connectivity index is 1.15. The molecule has 0 unspecified atom stereocenters. The van der Waals surface area contributed by atoms with Crippen molar-refractivity contribution in [2.45, 2.75) is 111 Å². The van der Waals surface area contributed by atoms with Gasteiger partial charge in [-0.3, -0.25) is 4.57 Å². The number of anilines is 2. The van der Waals surface area contributed by atoms with Crippen LogP contribution in [-0.2, 0) is 16.2 Å². The average Bonchev–Trinajstić information content (AvgIpc) is 3.88. The molecule has 2 aromatic heterocycles. The Hall–Kier alpha value is -6.59. The number of pyridine rings is 1. The Morgan fingerprint density at radius 1 is 0.545 bits per heavy atom. The van der Waals surface area contributed by atoms with Crippen LogP contribution in [0.15, 0.2) is 158 Å². The Kier molecular flexibility index (Phi) is 11.5. The maximum atomic E-state index is 7.01. The van der Waals surface area contributed by atoms with Crippen LogP contribution in [0.5, 0.6) is 11.5 Å². The zero-order chi connectivity index (χ0) is 46.7. The molecule has 0 fully saturated rings. The van der Waals surface area contributed by atoms with Crippen molar-refractivity contribution in [1.82, 2.24) is 9.55 Å². The quantitative estimate of drug-likeness (QED) is 0.137. The summed E-state index contributed by atoms with van der Waals surface area (Å²) < 4.78 is 9.33. The van der Waals surface area contributed by atoms with Gasteiger partial charge in [0.2, 0.25) is 0 Å². The van der Waals surface area contributed by atoms with E-state index in [0.29, 0.717) is 18.5 Å². The molecule has 0 saturated heterocycles. The van der Waals surface area contributed by atoms with Gasteiger partial charge in [-0.2, -0.15) is 0 Å². The van der Waals surface area contributed by atoms with Crippen molar-refractivity contribution in [2.75, 3.05) is 16.5 Å². The minimum atomic E-state index is -0.178. The predicted octanol–water partition coefficient (Wildman–Crippen LogP) is 16.4. The molecule has 9 rings (SSSR count). The van der Waals surface area contributed by atoms with Crippen molar-refractivity contribution in [2.24, 2.45) is 0 Å². The number of aromatic nitrogens is 2. The summed E-state index contributed by atoms with van der Waals surface area (Å²) in [6.45, 7) is 28.2. The van der Waals surface area contributed by atoms with E-state index in [1.807, 2.05) is 6.20 Å². The number of fused-ring (bicyclic) bond motifs is 3. The van der Waals surface area contributed by atoms with E-state index in [-0.39, 0.29) is 16.2 Å². The van der Waals surface area contributed by atoms with Gasteiger partial charge in [0.05, 0.1) is 23.4 Å². The summed E-state index contributed by atoms with van der Waals surface area (Å²) in [4.78, 5) is 9.87. The summed E-state index contributed by atoms with van der Waals surface area (Å²) in [5.74, 6) is 3.19. The fourth-order valence-electron chi connectivity index (χ4n) is 9.83. The smallest absolute Gasteiger partial charge is 0.137 e. The van der Waals surface area contributed by atoms with Gasteiger partial charge in [0.25, 0.3) is 0 Å². The van der Waals surface area contributed by atoms with E-state index in [2.05, 4.69) is 249 Å². The first kappa shape index (κ1) is 44.6. The molecule has 0 atom stereocenters. The highest BCUT2D eigenvalue weighted by Crippen LogP contribution is 2.45. The zero-order valence-corrected chi connectivity index (χ0v) is 41.1. The molecule has 66 heavy (non-hydrogen) atoms. The molecule has 1 aliphatic rings. The minimum Gasteiger partial charge on any atom is -0.457 e. The van der Waals surface area contributed by atoms with Gasteiger partial charge in [-0.15, -0.1) is 0 Å². The molecule has 0 aliphatic carbocycles. The second-order valence-corrected chi connectivity index (χ2v) is 21.4. The molecule has 0 radical (unpaired) electrons. The number of para-hydroxylation sites is 1. The number of hydrogen-bond donors (Lipinski definition) is 0. The van der Waals surface area contributed by atoms with Crippen LogP contribution >= 0.6 is 0 Å². The summed E-state index contributed by atoms with van der Waals surface area (Å²) in [7, 11) is 0. The molecule has 0 N–H and O–H groups in total. The third-order valence-electron chi connectivity index (χ3n) is 13.6. The molecule has 0 amide bonds. The molecular formula is C61H66N4O. The second-order valence-electron chi connectivity index (χ2n) is 21.4. The Bertz CT molecular complexity index is 3070. The first-order chi connectivity index (χ1) is 31.4. The Morgan fingerprint density at radius 2 is 1.20 bits per heavy atom. The van der Waals surface area contributed by atoms with E-state index in [1.54, 1.807) is 0 Å². The lowest BCUT2D eigenvalue weighted by Crippen LogP contribution is -2.27. The second kappa shape index (κ2) is 17.0. The highest BCUT2D eigenvalue weighted by atomic mass is 16.5. The van der Waals surface area contributed by atoms with Crippen LogP contribution in [0.3, 0.4) is 0 Å². The highest BCUT2D eigenvalue weighted by Gasteiger charge is 2.32. The van der Waals surface area contributed by atoms with Crippen LogP contribution < -0.4 is 14.5 Å². The summed E-state index contributed by atoms with van der Waals surface area (Å²) in [6.07, 6.45) is 4.31. The number of nitrogens with zero attached hydrogens (tertiary/aromatic N) is 4. The van der Waals surface area contributed by atoms with E-state index >= 15 is 0 Å². The molecule has 3 heterocycles. The summed E-state index contributed by atoms with van der Waals surface area (Å²) in [5.41, 5.74) is 14.4. The van der Waals surface area contributed by atoms with Crippen molar-refractivity contribution >= 4 is 38.9 Å². The molecule has 0 bridgehead atoms. The van der Waals surface area contributed by atoms with Gasteiger partial charge in [-0.05, 0) is 105 Å². The van der Waals surface area contributed by atoms with Crippen LogP contribution in [0.2, 0.25) is 0 Å². The first-order valence-electron chi connectivity index (χ1n) is 23.8. The topological polar surface area (TPSA) is 33.5 Å². The molecule has 0 spiro atoms. The highest BCUT2D eigenvalue weighted by molar-refractivity contribution is 6.11. The van der Waals surface area contributed by atoms with Crippen LogP contribution in [0.4, 0.5) is 11.4 Å². The molecule has 0 saturated carbocycles. The maximum absolute atomic E-state index is 7.01. The Labute approximate surface area is 393 Å².